The smallest absolute Gasteiger partial charge is 0.369 e. The van der Waals surface area contributed by atoms with Crippen molar-refractivity contribution < 1.29 is 22.8 Å². The van der Waals surface area contributed by atoms with Crippen LogP contribution in [0.2, 0.25) is 0 Å². The van der Waals surface area contributed by atoms with Crippen molar-refractivity contribution in [2.75, 3.05) is 0 Å². The number of Topliss-reactive ketones (excluding diaryl/α,β-unsaturated/α-hetero) is 1. The second kappa shape index (κ2) is 4.08. The number of carbonyl (C=O) groups is 2. The number of hydrogen-bond donors (Lipinski definition) is 1. The first-order valence-electron chi connectivity index (χ1n) is 5.67. The van der Waals surface area contributed by atoms with Crippen molar-refractivity contribution >= 4 is 11.7 Å². The van der Waals surface area contributed by atoms with Gasteiger partial charge in [-0.05, 0) is 30.5 Å². The Kier molecular flexibility index (Phi) is 2.91. The highest BCUT2D eigenvalue weighted by Gasteiger charge is 2.52. The molecule has 3 nitrogen and oxygen atoms in total. The second-order valence-electron chi connectivity index (χ2n) is 4.83. The molecule has 0 aromatic heterocycles. The van der Waals surface area contributed by atoms with Gasteiger partial charge >= 0.3 is 6.18 Å². The fraction of sp³-hybridized carbons (Fsp3) is 0.385. The fourth-order valence-corrected chi connectivity index (χ4v) is 2.67. The van der Waals surface area contributed by atoms with E-state index in [1.165, 1.54) is 19.1 Å². The van der Waals surface area contributed by atoms with E-state index in [-0.39, 0.29) is 29.8 Å². The Bertz CT molecular complexity index is 565. The molecule has 0 saturated carbocycles. The van der Waals surface area contributed by atoms with Gasteiger partial charge in [-0.15, -0.1) is 0 Å². The molecule has 1 aromatic carbocycles. The molecule has 2 N–H and O–H groups in total. The van der Waals surface area contributed by atoms with Crippen LogP contribution in [-0.2, 0) is 27.6 Å². The van der Waals surface area contributed by atoms with Crippen LogP contribution in [0.3, 0.4) is 0 Å². The van der Waals surface area contributed by atoms with Crippen molar-refractivity contribution in [3.63, 3.8) is 0 Å². The van der Waals surface area contributed by atoms with Gasteiger partial charge in [0.15, 0.2) is 0 Å². The molecular formula is C13H12F3NO2. The third-order valence-corrected chi connectivity index (χ3v) is 3.50. The van der Waals surface area contributed by atoms with E-state index in [2.05, 4.69) is 0 Å². The number of carbonyl (C=O) groups excluding carboxylic acids is 2. The zero-order chi connectivity index (χ0) is 14.4. The molecular weight excluding hydrogens is 259 g/mol. The largest absolute Gasteiger partial charge is 0.416 e. The van der Waals surface area contributed by atoms with E-state index in [0.29, 0.717) is 0 Å². The highest BCUT2D eigenvalue weighted by Crippen LogP contribution is 2.48. The summed E-state index contributed by atoms with van der Waals surface area (Å²) in [7, 11) is 0. The van der Waals surface area contributed by atoms with Gasteiger partial charge in [0.25, 0.3) is 0 Å². The maximum absolute atomic E-state index is 12.8. The standard InChI is InChI=1S/C13H12F3NO2/c1-7(18)5-12(11(17)19)6-8-9(12)3-2-4-10(8)13(14,15)16/h2-4H,5-6H2,1H3,(H2,17,19). The van der Waals surface area contributed by atoms with Gasteiger partial charge in [-0.2, -0.15) is 13.2 Å². The Morgan fingerprint density at radius 3 is 2.47 bits per heavy atom. The lowest BCUT2D eigenvalue weighted by Gasteiger charge is -2.42. The topological polar surface area (TPSA) is 60.2 Å². The number of halogens is 3. The number of benzene rings is 1. The van der Waals surface area contributed by atoms with Crippen molar-refractivity contribution in [3.05, 3.63) is 34.9 Å². The fourth-order valence-electron chi connectivity index (χ4n) is 2.67. The van der Waals surface area contributed by atoms with Crippen LogP contribution < -0.4 is 5.73 Å². The van der Waals surface area contributed by atoms with E-state index in [0.717, 1.165) is 6.07 Å². The average Bonchev–Trinajstić information content (AvgIpc) is 2.22. The zero-order valence-electron chi connectivity index (χ0n) is 10.2. The Balaban J connectivity index is 2.53. The molecule has 1 aliphatic rings. The van der Waals surface area contributed by atoms with Crippen molar-refractivity contribution in [1.82, 2.24) is 0 Å². The summed E-state index contributed by atoms with van der Waals surface area (Å²) in [5.74, 6) is -1.03. The number of nitrogens with two attached hydrogens (primary N) is 1. The van der Waals surface area contributed by atoms with Crippen LogP contribution in [-0.4, -0.2) is 11.7 Å². The van der Waals surface area contributed by atoms with Gasteiger partial charge in [0, 0.05) is 6.42 Å². The van der Waals surface area contributed by atoms with E-state index >= 15 is 0 Å². The van der Waals surface area contributed by atoms with E-state index in [1.54, 1.807) is 0 Å². The Morgan fingerprint density at radius 2 is 2.00 bits per heavy atom. The third-order valence-electron chi connectivity index (χ3n) is 3.50. The van der Waals surface area contributed by atoms with Crippen molar-refractivity contribution in [3.8, 4) is 0 Å². The number of rotatable bonds is 3. The molecule has 6 heteroatoms. The quantitative estimate of drug-likeness (QED) is 0.913. The van der Waals surface area contributed by atoms with E-state index in [1.807, 2.05) is 0 Å². The van der Waals surface area contributed by atoms with Crippen LogP contribution in [0.4, 0.5) is 13.2 Å². The van der Waals surface area contributed by atoms with E-state index < -0.39 is 23.1 Å². The molecule has 1 amide bonds. The molecule has 0 radical (unpaired) electrons. The molecule has 19 heavy (non-hydrogen) atoms. The summed E-state index contributed by atoms with van der Waals surface area (Å²) in [6.45, 7) is 1.29. The van der Waals surface area contributed by atoms with Gasteiger partial charge in [-0.3, -0.25) is 9.59 Å². The predicted octanol–water partition coefficient (Wildman–Crippen LogP) is 1.96. The molecule has 0 aliphatic heterocycles. The molecule has 0 saturated heterocycles. The molecule has 0 fully saturated rings. The minimum Gasteiger partial charge on any atom is -0.369 e. The number of primary amides is 1. The highest BCUT2D eigenvalue weighted by atomic mass is 19.4. The molecule has 1 aromatic rings. The summed E-state index contributed by atoms with van der Waals surface area (Å²) in [4.78, 5) is 22.8. The lowest BCUT2D eigenvalue weighted by molar-refractivity contribution is -0.140. The number of amides is 1. The third kappa shape index (κ3) is 2.01. The average molecular weight is 271 g/mol. The first-order valence-corrected chi connectivity index (χ1v) is 5.67. The summed E-state index contributed by atoms with van der Waals surface area (Å²) < 4.78 is 38.4. The summed E-state index contributed by atoms with van der Waals surface area (Å²) in [5.41, 5.74) is 3.54. The maximum Gasteiger partial charge on any atom is 0.416 e. The predicted molar refractivity (Wildman–Crippen MR) is 61.3 cm³/mol. The van der Waals surface area contributed by atoms with Gasteiger partial charge in [0.1, 0.15) is 5.78 Å². The molecule has 0 heterocycles. The molecule has 0 spiro atoms. The molecule has 1 aliphatic carbocycles. The van der Waals surface area contributed by atoms with Gasteiger partial charge in [-0.25, -0.2) is 0 Å². The van der Waals surface area contributed by atoms with Crippen molar-refractivity contribution in [1.29, 1.82) is 0 Å². The van der Waals surface area contributed by atoms with Gasteiger partial charge in [-0.1, -0.05) is 12.1 Å². The minimum absolute atomic E-state index is 0.0649. The van der Waals surface area contributed by atoms with Crippen LogP contribution >= 0.6 is 0 Å². The Hall–Kier alpha value is -1.85. The van der Waals surface area contributed by atoms with Crippen molar-refractivity contribution in [2.24, 2.45) is 5.73 Å². The monoisotopic (exact) mass is 271 g/mol. The lowest BCUT2D eigenvalue weighted by Crippen LogP contribution is -2.51. The summed E-state index contributed by atoms with van der Waals surface area (Å²) in [6, 6.07) is 3.64. The minimum atomic E-state index is -4.47. The Morgan fingerprint density at radius 1 is 1.37 bits per heavy atom. The molecule has 0 bridgehead atoms. The number of ketones is 1. The van der Waals surface area contributed by atoms with Gasteiger partial charge in [0.2, 0.25) is 5.91 Å². The summed E-state index contributed by atoms with van der Waals surface area (Å²) >= 11 is 0. The zero-order valence-corrected chi connectivity index (χ0v) is 10.2. The van der Waals surface area contributed by atoms with E-state index in [4.69, 9.17) is 5.73 Å². The highest BCUT2D eigenvalue weighted by molar-refractivity contribution is 5.95. The molecule has 1 unspecified atom stereocenters. The SMILES string of the molecule is CC(=O)CC1(C(N)=O)Cc2c(C(F)(F)F)cccc21. The summed E-state index contributed by atoms with van der Waals surface area (Å²) in [6.07, 6.45) is -4.76. The van der Waals surface area contributed by atoms with Crippen LogP contribution in [0, 0.1) is 0 Å². The van der Waals surface area contributed by atoms with Gasteiger partial charge < -0.3 is 5.73 Å². The number of hydrogen-bond acceptors (Lipinski definition) is 2. The van der Waals surface area contributed by atoms with Crippen molar-refractivity contribution in [2.45, 2.75) is 31.4 Å². The van der Waals surface area contributed by atoms with Crippen LogP contribution in [0.1, 0.15) is 30.0 Å². The van der Waals surface area contributed by atoms with E-state index in [9.17, 15) is 22.8 Å². The second-order valence-corrected chi connectivity index (χ2v) is 4.83. The van der Waals surface area contributed by atoms with Crippen LogP contribution in [0.5, 0.6) is 0 Å². The number of fused-ring (bicyclic) bond motifs is 1. The molecule has 2 rings (SSSR count). The van der Waals surface area contributed by atoms with Crippen LogP contribution in [0.25, 0.3) is 0 Å². The number of alkyl halides is 3. The van der Waals surface area contributed by atoms with Crippen LogP contribution in [0.15, 0.2) is 18.2 Å². The summed E-state index contributed by atoms with van der Waals surface area (Å²) in [5, 5.41) is 0. The maximum atomic E-state index is 12.8. The normalized spacial score (nSPS) is 21.5. The Labute approximate surface area is 107 Å². The lowest BCUT2D eigenvalue weighted by atomic mass is 9.60. The first kappa shape index (κ1) is 13.6. The van der Waals surface area contributed by atoms with Gasteiger partial charge in [0.05, 0.1) is 11.0 Å². The molecule has 102 valence electrons. The first-order chi connectivity index (χ1) is 8.68. The molecule has 1 atom stereocenters.